The molecule has 0 saturated carbocycles. The maximum Gasteiger partial charge on any atom is 0.338 e. The van der Waals surface area contributed by atoms with Crippen LogP contribution < -0.4 is 5.32 Å². The molecule has 1 heterocycles. The highest BCUT2D eigenvalue weighted by molar-refractivity contribution is 7.81. The largest absolute Gasteiger partial charge is 0.466 e. The van der Waals surface area contributed by atoms with Crippen molar-refractivity contribution in [2.75, 3.05) is 12.9 Å². The predicted octanol–water partition coefficient (Wildman–Crippen LogP) is 2.88. The highest BCUT2D eigenvalue weighted by atomic mass is 32.1. The zero-order valence-electron chi connectivity index (χ0n) is 12.8. The molecule has 0 fully saturated rings. The van der Waals surface area contributed by atoms with Crippen LogP contribution in [-0.2, 0) is 9.53 Å². The van der Waals surface area contributed by atoms with E-state index < -0.39 is 12.0 Å². The smallest absolute Gasteiger partial charge is 0.338 e. The van der Waals surface area contributed by atoms with Gasteiger partial charge in [-0.15, -0.1) is 0 Å². The lowest BCUT2D eigenvalue weighted by atomic mass is 9.92. The zero-order chi connectivity index (χ0) is 16.3. The van der Waals surface area contributed by atoms with E-state index in [2.05, 4.69) is 22.9 Å². The number of hydrogen-bond acceptors (Lipinski definition) is 5. The Bertz CT molecular complexity index is 624. The quantitative estimate of drug-likeness (QED) is 0.662. The molecule has 0 radical (unpaired) electrons. The van der Waals surface area contributed by atoms with Gasteiger partial charge in [0.25, 0.3) is 0 Å². The van der Waals surface area contributed by atoms with E-state index in [1.165, 1.54) is 19.2 Å². The normalized spacial score (nSPS) is 18.1. The zero-order valence-corrected chi connectivity index (χ0v) is 13.7. The fraction of sp³-hybridized carbons (Fsp3) is 0.375. The van der Waals surface area contributed by atoms with Gasteiger partial charge in [0.1, 0.15) is 17.7 Å². The van der Waals surface area contributed by atoms with Crippen LogP contribution in [-0.4, -0.2) is 24.7 Å². The molecule has 0 amide bonds. The molecule has 0 saturated heterocycles. The molecule has 1 aromatic carbocycles. The minimum Gasteiger partial charge on any atom is -0.466 e. The summed E-state index contributed by atoms with van der Waals surface area (Å²) >= 11 is 4.25. The number of esters is 1. The summed E-state index contributed by atoms with van der Waals surface area (Å²) in [5, 5.41) is 3.16. The second-order valence-electron chi connectivity index (χ2n) is 5.29. The summed E-state index contributed by atoms with van der Waals surface area (Å²) < 4.78 is 18.1. The summed E-state index contributed by atoms with van der Waals surface area (Å²) in [5.41, 5.74) is 1.95. The molecule has 2 rings (SSSR count). The van der Waals surface area contributed by atoms with Gasteiger partial charge >= 0.3 is 5.97 Å². The van der Waals surface area contributed by atoms with Crippen LogP contribution >= 0.6 is 12.6 Å². The molecule has 0 spiro atoms. The standard InChI is InChI=1S/C16H19FN2O2S/c1-9(2)14-13(16(20)21-3)15(19-12(8-22)18-14)10-4-6-11(17)7-5-10/h4-7,9,15,22H,8H2,1-3H3,(H,18,19). The van der Waals surface area contributed by atoms with Gasteiger partial charge in [-0.3, -0.25) is 4.99 Å². The molecule has 0 bridgehead atoms. The van der Waals surface area contributed by atoms with Crippen LogP contribution in [0.2, 0.25) is 0 Å². The number of benzene rings is 1. The Morgan fingerprint density at radius 2 is 2.05 bits per heavy atom. The number of amidine groups is 1. The Balaban J connectivity index is 2.57. The minimum atomic E-state index is -0.520. The number of carbonyl (C=O) groups is 1. The number of hydrogen-bond donors (Lipinski definition) is 2. The fourth-order valence-corrected chi connectivity index (χ4v) is 2.54. The summed E-state index contributed by atoms with van der Waals surface area (Å²) in [6.45, 7) is 3.96. The van der Waals surface area contributed by atoms with Crippen LogP contribution in [0.3, 0.4) is 0 Å². The van der Waals surface area contributed by atoms with Crippen molar-refractivity contribution >= 4 is 24.4 Å². The van der Waals surface area contributed by atoms with Crippen molar-refractivity contribution in [2.45, 2.75) is 19.9 Å². The van der Waals surface area contributed by atoms with Crippen molar-refractivity contribution in [3.05, 3.63) is 46.9 Å². The van der Waals surface area contributed by atoms with Crippen LogP contribution in [0.25, 0.3) is 0 Å². The van der Waals surface area contributed by atoms with Gasteiger partial charge in [0.15, 0.2) is 0 Å². The average molecular weight is 322 g/mol. The van der Waals surface area contributed by atoms with E-state index in [9.17, 15) is 9.18 Å². The lowest BCUT2D eigenvalue weighted by Gasteiger charge is -2.28. The van der Waals surface area contributed by atoms with Crippen molar-refractivity contribution in [2.24, 2.45) is 10.9 Å². The third-order valence-electron chi connectivity index (χ3n) is 3.45. The summed E-state index contributed by atoms with van der Waals surface area (Å²) in [6, 6.07) is 5.46. The van der Waals surface area contributed by atoms with Crippen LogP contribution in [0, 0.1) is 11.7 Å². The average Bonchev–Trinajstić information content (AvgIpc) is 2.53. The molecule has 0 aromatic heterocycles. The highest BCUT2D eigenvalue weighted by Crippen LogP contribution is 2.33. The van der Waals surface area contributed by atoms with E-state index >= 15 is 0 Å². The number of nitrogens with one attached hydrogen (secondary N) is 1. The first-order chi connectivity index (χ1) is 10.5. The number of ether oxygens (including phenoxy) is 1. The van der Waals surface area contributed by atoms with E-state index in [1.807, 2.05) is 13.8 Å². The maximum absolute atomic E-state index is 13.2. The molecule has 118 valence electrons. The van der Waals surface area contributed by atoms with E-state index in [1.54, 1.807) is 12.1 Å². The molecule has 1 atom stereocenters. The molecule has 1 aromatic rings. The molecule has 1 aliphatic heterocycles. The van der Waals surface area contributed by atoms with E-state index in [0.717, 1.165) is 11.3 Å². The Labute approximate surface area is 134 Å². The molecular formula is C16H19FN2O2S. The van der Waals surface area contributed by atoms with Crippen LogP contribution in [0.1, 0.15) is 25.5 Å². The monoisotopic (exact) mass is 322 g/mol. The van der Waals surface area contributed by atoms with E-state index in [-0.39, 0.29) is 11.7 Å². The Hall–Kier alpha value is -1.82. The van der Waals surface area contributed by atoms with E-state index in [0.29, 0.717) is 17.2 Å². The topological polar surface area (TPSA) is 50.7 Å². The molecule has 4 nitrogen and oxygen atoms in total. The Morgan fingerprint density at radius 1 is 1.41 bits per heavy atom. The second-order valence-corrected chi connectivity index (χ2v) is 5.60. The maximum atomic E-state index is 13.2. The third kappa shape index (κ3) is 3.32. The lowest BCUT2D eigenvalue weighted by molar-refractivity contribution is -0.136. The second kappa shape index (κ2) is 6.96. The number of thiol groups is 1. The first-order valence-corrected chi connectivity index (χ1v) is 7.63. The van der Waals surface area contributed by atoms with Gasteiger partial charge in [-0.2, -0.15) is 12.6 Å². The van der Waals surface area contributed by atoms with Crippen LogP contribution in [0.15, 0.2) is 40.5 Å². The number of halogens is 1. The summed E-state index contributed by atoms with van der Waals surface area (Å²) in [7, 11) is 1.34. The number of aliphatic imine (C=N–C) groups is 1. The first kappa shape index (κ1) is 16.5. The molecule has 22 heavy (non-hydrogen) atoms. The first-order valence-electron chi connectivity index (χ1n) is 7.00. The minimum absolute atomic E-state index is 0.0856. The van der Waals surface area contributed by atoms with Crippen LogP contribution in [0.5, 0.6) is 0 Å². The number of methoxy groups -OCH3 is 1. The lowest BCUT2D eigenvalue weighted by Crippen LogP contribution is -2.36. The molecule has 1 aliphatic rings. The number of nitrogens with zero attached hydrogens (tertiary/aromatic N) is 1. The van der Waals surface area contributed by atoms with Gasteiger partial charge in [-0.25, -0.2) is 9.18 Å². The summed E-state index contributed by atoms with van der Waals surface area (Å²) in [5.74, 6) is 0.412. The molecular weight excluding hydrogens is 303 g/mol. The van der Waals surface area contributed by atoms with Gasteiger partial charge in [-0.1, -0.05) is 26.0 Å². The van der Waals surface area contributed by atoms with Gasteiger partial charge in [0.2, 0.25) is 0 Å². The molecule has 0 aliphatic carbocycles. The fourth-order valence-electron chi connectivity index (χ4n) is 2.38. The predicted molar refractivity (Wildman–Crippen MR) is 87.4 cm³/mol. The van der Waals surface area contributed by atoms with Gasteiger partial charge in [0.05, 0.1) is 12.7 Å². The van der Waals surface area contributed by atoms with Crippen molar-refractivity contribution in [3.8, 4) is 0 Å². The van der Waals surface area contributed by atoms with Crippen LogP contribution in [0.4, 0.5) is 4.39 Å². The van der Waals surface area contributed by atoms with Gasteiger partial charge in [0, 0.05) is 11.4 Å². The SMILES string of the molecule is COC(=O)C1=C(C(C)C)NC(CS)=NC1c1ccc(F)cc1. The Morgan fingerprint density at radius 3 is 2.55 bits per heavy atom. The number of allylic oxidation sites excluding steroid dienone is 1. The Kier molecular flexibility index (Phi) is 5.24. The molecule has 6 heteroatoms. The van der Waals surface area contributed by atoms with Gasteiger partial charge in [-0.05, 0) is 23.6 Å². The van der Waals surface area contributed by atoms with E-state index in [4.69, 9.17) is 4.74 Å². The van der Waals surface area contributed by atoms with Crippen molar-refractivity contribution in [1.29, 1.82) is 0 Å². The van der Waals surface area contributed by atoms with Crippen molar-refractivity contribution in [1.82, 2.24) is 5.32 Å². The highest BCUT2D eigenvalue weighted by Gasteiger charge is 2.32. The number of carbonyl (C=O) groups excluding carboxylic acids is 1. The van der Waals surface area contributed by atoms with Crippen molar-refractivity contribution < 1.29 is 13.9 Å². The third-order valence-corrected chi connectivity index (χ3v) is 3.75. The molecule has 1 unspecified atom stereocenters. The summed E-state index contributed by atoms with van der Waals surface area (Å²) in [4.78, 5) is 16.8. The van der Waals surface area contributed by atoms with Gasteiger partial charge < -0.3 is 10.1 Å². The number of rotatable bonds is 4. The van der Waals surface area contributed by atoms with Crippen molar-refractivity contribution in [3.63, 3.8) is 0 Å². The summed E-state index contributed by atoms with van der Waals surface area (Å²) in [6.07, 6.45) is 0. The molecule has 1 N–H and O–H groups in total.